The summed E-state index contributed by atoms with van der Waals surface area (Å²) in [5.74, 6) is 0.577. The molecule has 0 heterocycles. The van der Waals surface area contributed by atoms with Gasteiger partial charge >= 0.3 is 0 Å². The van der Waals surface area contributed by atoms with Crippen LogP contribution in [0.2, 0.25) is 0 Å². The Balaban J connectivity index is 1.77. The Morgan fingerprint density at radius 2 is 1.61 bits per heavy atom. The zero-order valence-corrected chi connectivity index (χ0v) is 16.4. The molecule has 2 rings (SSSR count). The van der Waals surface area contributed by atoms with Crippen molar-refractivity contribution in [2.45, 2.75) is 26.7 Å². The molecule has 0 aliphatic rings. The van der Waals surface area contributed by atoms with Crippen LogP contribution < -0.4 is 20.3 Å². The molecule has 0 atom stereocenters. The molecular weight excluding hydrogens is 356 g/mol. The van der Waals surface area contributed by atoms with Gasteiger partial charge in [0.1, 0.15) is 0 Å². The summed E-state index contributed by atoms with van der Waals surface area (Å²) in [6, 6.07) is 15.0. The maximum absolute atomic E-state index is 11.8. The maximum atomic E-state index is 11.8. The highest BCUT2D eigenvalue weighted by Gasteiger charge is 2.07. The predicted octanol–water partition coefficient (Wildman–Crippen LogP) is 3.45. The van der Waals surface area contributed by atoms with Crippen molar-refractivity contribution in [1.29, 1.82) is 0 Å². The summed E-state index contributed by atoms with van der Waals surface area (Å²) in [6.07, 6.45) is 3.04. The van der Waals surface area contributed by atoms with Crippen LogP contribution in [0.3, 0.4) is 0 Å². The number of para-hydroxylation sites is 2. The molecule has 0 aliphatic heterocycles. The molecular formula is C22H26N2O4. The first-order chi connectivity index (χ1) is 13.5. The quantitative estimate of drug-likeness (QED) is 0.542. The Hall–Kier alpha value is -3.28. The molecule has 0 unspecified atom stereocenters. The van der Waals surface area contributed by atoms with Gasteiger partial charge in [-0.05, 0) is 42.2 Å². The largest absolute Gasteiger partial charge is 0.490 e. The minimum absolute atomic E-state index is 0.245. The van der Waals surface area contributed by atoms with Gasteiger partial charge in [0.15, 0.2) is 18.1 Å². The SMILES string of the molecule is CCOc1ccccc1OCC(=O)NNC(=O)/C=C/c1ccc(C(C)C)cc1. The lowest BCUT2D eigenvalue weighted by Crippen LogP contribution is -2.43. The van der Waals surface area contributed by atoms with Crippen LogP contribution in [0.4, 0.5) is 0 Å². The van der Waals surface area contributed by atoms with Crippen molar-refractivity contribution in [3.63, 3.8) is 0 Å². The predicted molar refractivity (Wildman–Crippen MR) is 109 cm³/mol. The second kappa shape index (κ2) is 10.8. The van der Waals surface area contributed by atoms with E-state index in [0.717, 1.165) is 5.56 Å². The van der Waals surface area contributed by atoms with Gasteiger partial charge in [-0.15, -0.1) is 0 Å². The van der Waals surface area contributed by atoms with Gasteiger partial charge in [0.25, 0.3) is 11.8 Å². The van der Waals surface area contributed by atoms with Crippen LogP contribution in [0.1, 0.15) is 37.8 Å². The van der Waals surface area contributed by atoms with E-state index in [9.17, 15) is 9.59 Å². The van der Waals surface area contributed by atoms with Crippen LogP contribution in [0.25, 0.3) is 6.08 Å². The number of rotatable bonds is 8. The summed E-state index contributed by atoms with van der Waals surface area (Å²) in [4.78, 5) is 23.7. The summed E-state index contributed by atoms with van der Waals surface area (Å²) in [5.41, 5.74) is 6.77. The molecule has 6 heteroatoms. The van der Waals surface area contributed by atoms with E-state index in [-0.39, 0.29) is 6.61 Å². The Morgan fingerprint density at radius 3 is 2.21 bits per heavy atom. The number of hydrazine groups is 1. The Morgan fingerprint density at radius 1 is 0.964 bits per heavy atom. The van der Waals surface area contributed by atoms with Gasteiger partial charge < -0.3 is 9.47 Å². The molecule has 2 N–H and O–H groups in total. The summed E-state index contributed by atoms with van der Waals surface area (Å²) in [5, 5.41) is 0. The van der Waals surface area contributed by atoms with Crippen LogP contribution >= 0.6 is 0 Å². The van der Waals surface area contributed by atoms with Crippen molar-refractivity contribution in [3.8, 4) is 11.5 Å². The summed E-state index contributed by atoms with van der Waals surface area (Å²) >= 11 is 0. The average molecular weight is 382 g/mol. The Labute approximate surface area is 165 Å². The van der Waals surface area contributed by atoms with E-state index in [2.05, 4.69) is 24.7 Å². The fourth-order valence-corrected chi connectivity index (χ4v) is 2.36. The first-order valence-corrected chi connectivity index (χ1v) is 9.21. The molecule has 6 nitrogen and oxygen atoms in total. The summed E-state index contributed by atoms with van der Waals surface area (Å²) in [7, 11) is 0. The zero-order chi connectivity index (χ0) is 20.4. The van der Waals surface area contributed by atoms with E-state index in [1.165, 1.54) is 11.6 Å². The zero-order valence-electron chi connectivity index (χ0n) is 16.4. The standard InChI is InChI=1S/C22H26N2O4/c1-4-27-19-7-5-6-8-20(19)28-15-22(26)24-23-21(25)14-11-17-9-12-18(13-10-17)16(2)3/h5-14,16H,4,15H2,1-3H3,(H,23,25)(H,24,26)/b14-11+. The number of nitrogens with one attached hydrogen (secondary N) is 2. The molecule has 0 aromatic heterocycles. The van der Waals surface area contributed by atoms with Gasteiger partial charge in [0.2, 0.25) is 0 Å². The molecule has 0 fully saturated rings. The Kier molecular flexibility index (Phi) is 8.09. The van der Waals surface area contributed by atoms with Crippen molar-refractivity contribution in [3.05, 3.63) is 65.7 Å². The molecule has 0 spiro atoms. The van der Waals surface area contributed by atoms with Crippen molar-refractivity contribution in [2.75, 3.05) is 13.2 Å². The van der Waals surface area contributed by atoms with E-state index in [0.29, 0.717) is 24.0 Å². The van der Waals surface area contributed by atoms with E-state index in [1.54, 1.807) is 24.3 Å². The number of hydrogen-bond donors (Lipinski definition) is 2. The molecule has 2 aromatic carbocycles. The first-order valence-electron chi connectivity index (χ1n) is 9.21. The lowest BCUT2D eigenvalue weighted by atomic mass is 10.0. The second-order valence-electron chi connectivity index (χ2n) is 6.36. The molecule has 0 radical (unpaired) electrons. The van der Waals surface area contributed by atoms with Gasteiger partial charge in [0, 0.05) is 6.08 Å². The molecule has 0 aliphatic carbocycles. The van der Waals surface area contributed by atoms with E-state index in [4.69, 9.17) is 9.47 Å². The fourth-order valence-electron chi connectivity index (χ4n) is 2.36. The number of ether oxygens (including phenoxy) is 2. The molecule has 0 saturated carbocycles. The minimum Gasteiger partial charge on any atom is -0.490 e. The smallest absolute Gasteiger partial charge is 0.276 e. The Bertz CT molecular complexity index is 814. The molecule has 2 amide bonds. The lowest BCUT2D eigenvalue weighted by molar-refractivity contribution is -0.128. The molecule has 0 bridgehead atoms. The monoisotopic (exact) mass is 382 g/mol. The highest BCUT2D eigenvalue weighted by molar-refractivity contribution is 5.93. The topological polar surface area (TPSA) is 76.7 Å². The van der Waals surface area contributed by atoms with Gasteiger partial charge in [0.05, 0.1) is 6.61 Å². The lowest BCUT2D eigenvalue weighted by Gasteiger charge is -2.11. The van der Waals surface area contributed by atoms with Gasteiger partial charge in [-0.3, -0.25) is 20.4 Å². The van der Waals surface area contributed by atoms with Crippen molar-refractivity contribution >= 4 is 17.9 Å². The van der Waals surface area contributed by atoms with Crippen LogP contribution in [-0.2, 0) is 9.59 Å². The van der Waals surface area contributed by atoms with Crippen LogP contribution in [0.15, 0.2) is 54.6 Å². The minimum atomic E-state index is -0.477. The fraction of sp³-hybridized carbons (Fsp3) is 0.273. The number of hydrogen-bond acceptors (Lipinski definition) is 4. The number of carbonyl (C=O) groups excluding carboxylic acids is 2. The molecule has 2 aromatic rings. The second-order valence-corrected chi connectivity index (χ2v) is 6.36. The normalized spacial score (nSPS) is 10.7. The third-order valence-electron chi connectivity index (χ3n) is 3.86. The third-order valence-corrected chi connectivity index (χ3v) is 3.86. The van der Waals surface area contributed by atoms with Crippen LogP contribution in [-0.4, -0.2) is 25.0 Å². The highest BCUT2D eigenvalue weighted by atomic mass is 16.5. The van der Waals surface area contributed by atoms with Crippen molar-refractivity contribution in [2.24, 2.45) is 0 Å². The molecule has 148 valence electrons. The number of carbonyl (C=O) groups is 2. The van der Waals surface area contributed by atoms with Crippen LogP contribution in [0, 0.1) is 0 Å². The molecule has 0 saturated heterocycles. The van der Waals surface area contributed by atoms with Gasteiger partial charge in [-0.1, -0.05) is 50.2 Å². The van der Waals surface area contributed by atoms with Crippen molar-refractivity contribution < 1.29 is 19.1 Å². The highest BCUT2D eigenvalue weighted by Crippen LogP contribution is 2.26. The molecule has 28 heavy (non-hydrogen) atoms. The summed E-state index contributed by atoms with van der Waals surface area (Å²) in [6.45, 7) is 6.37. The number of benzene rings is 2. The first kappa shape index (κ1) is 21.0. The average Bonchev–Trinajstić information content (AvgIpc) is 2.70. The maximum Gasteiger partial charge on any atom is 0.276 e. The van der Waals surface area contributed by atoms with E-state index >= 15 is 0 Å². The van der Waals surface area contributed by atoms with Gasteiger partial charge in [-0.2, -0.15) is 0 Å². The van der Waals surface area contributed by atoms with Crippen molar-refractivity contribution in [1.82, 2.24) is 10.9 Å². The van der Waals surface area contributed by atoms with Gasteiger partial charge in [-0.25, -0.2) is 0 Å². The third kappa shape index (κ3) is 6.79. The van der Waals surface area contributed by atoms with E-state index in [1.807, 2.05) is 37.3 Å². The van der Waals surface area contributed by atoms with E-state index < -0.39 is 11.8 Å². The number of amides is 2. The van der Waals surface area contributed by atoms with Crippen LogP contribution in [0.5, 0.6) is 11.5 Å². The summed E-state index contributed by atoms with van der Waals surface area (Å²) < 4.78 is 10.9.